The average Bonchev–Trinajstić information content (AvgIpc) is 2.37. The fourth-order valence-corrected chi connectivity index (χ4v) is 2.61. The van der Waals surface area contributed by atoms with Gasteiger partial charge >= 0.3 is 0 Å². The van der Waals surface area contributed by atoms with E-state index in [4.69, 9.17) is 4.74 Å². The second-order valence-corrected chi connectivity index (χ2v) is 6.98. The number of rotatable bonds is 7. The Morgan fingerprint density at radius 2 is 1.85 bits per heavy atom. The Kier molecular flexibility index (Phi) is 6.16. The zero-order valence-corrected chi connectivity index (χ0v) is 12.9. The van der Waals surface area contributed by atoms with Crippen LogP contribution in [0.1, 0.15) is 22.3 Å². The second-order valence-electron chi connectivity index (χ2n) is 4.84. The molecule has 0 aliphatic rings. The summed E-state index contributed by atoms with van der Waals surface area (Å²) in [7, 11) is 0.315. The van der Waals surface area contributed by atoms with Crippen molar-refractivity contribution in [3.8, 4) is 0 Å². The van der Waals surface area contributed by atoms with Crippen LogP contribution in [0, 0.1) is 0 Å². The van der Waals surface area contributed by atoms with Crippen molar-refractivity contribution in [2.75, 3.05) is 33.6 Å². The Labute approximate surface area is 120 Å². The van der Waals surface area contributed by atoms with Crippen molar-refractivity contribution in [1.29, 1.82) is 0 Å². The quantitative estimate of drug-likeness (QED) is 0.713. The number of amides is 1. The highest BCUT2D eigenvalue weighted by molar-refractivity contribution is 7.89. The zero-order chi connectivity index (χ0) is 15.2. The summed E-state index contributed by atoms with van der Waals surface area (Å²) < 4.78 is 27.3. The number of carbonyl (C=O) groups excluding carboxylic acids is 1. The van der Waals surface area contributed by atoms with E-state index in [1.54, 1.807) is 43.3 Å². The number of hydrogen-bond donors (Lipinski definition) is 0. The molecule has 0 aliphatic carbocycles. The van der Waals surface area contributed by atoms with Crippen molar-refractivity contribution < 1.29 is 17.9 Å². The molecular formula is C14H21NO4S. The summed E-state index contributed by atoms with van der Waals surface area (Å²) in [6.07, 6.45) is 1.97. The molecule has 0 atom stereocenters. The predicted octanol–water partition coefficient (Wildman–Crippen LogP) is 1.34. The number of sulfone groups is 1. The van der Waals surface area contributed by atoms with Crippen LogP contribution >= 0.6 is 0 Å². The molecule has 0 saturated carbocycles. The van der Waals surface area contributed by atoms with E-state index >= 15 is 0 Å². The van der Waals surface area contributed by atoms with Crippen molar-refractivity contribution in [2.24, 2.45) is 0 Å². The number of hydrogen-bond acceptors (Lipinski definition) is 4. The Morgan fingerprint density at radius 1 is 1.25 bits per heavy atom. The highest BCUT2D eigenvalue weighted by atomic mass is 32.2. The monoisotopic (exact) mass is 299 g/mol. The van der Waals surface area contributed by atoms with E-state index in [9.17, 15) is 13.2 Å². The number of methoxy groups -OCH3 is 1. The molecule has 112 valence electrons. The molecule has 0 aliphatic heterocycles. The molecule has 20 heavy (non-hydrogen) atoms. The smallest absolute Gasteiger partial charge is 0.253 e. The Balaban J connectivity index is 2.65. The summed E-state index contributed by atoms with van der Waals surface area (Å²) in [6, 6.07) is 6.68. The van der Waals surface area contributed by atoms with Gasteiger partial charge in [-0.3, -0.25) is 4.79 Å². The third kappa shape index (κ3) is 5.71. The van der Waals surface area contributed by atoms with Crippen LogP contribution in [-0.4, -0.2) is 52.8 Å². The van der Waals surface area contributed by atoms with Gasteiger partial charge < -0.3 is 9.64 Å². The Hall–Kier alpha value is -1.40. The van der Waals surface area contributed by atoms with Crippen molar-refractivity contribution >= 4 is 15.7 Å². The summed E-state index contributed by atoms with van der Waals surface area (Å²) in [5, 5.41) is 0. The zero-order valence-electron chi connectivity index (χ0n) is 12.1. The summed E-state index contributed by atoms with van der Waals surface area (Å²) in [6.45, 7) is 1.24. The molecule has 0 fully saturated rings. The standard InChI is InChI=1S/C14H21NO4S/c1-15(9-4-10-19-2)14(16)13-7-5-12(6-8-13)11-20(3,17)18/h5-8H,4,9-11H2,1-3H3. The fourth-order valence-electron chi connectivity index (χ4n) is 1.81. The molecule has 6 heteroatoms. The molecule has 0 radical (unpaired) electrons. The molecule has 0 N–H and O–H groups in total. The summed E-state index contributed by atoms with van der Waals surface area (Å²) in [4.78, 5) is 13.7. The predicted molar refractivity (Wildman–Crippen MR) is 78.4 cm³/mol. The number of nitrogens with zero attached hydrogens (tertiary/aromatic N) is 1. The Morgan fingerprint density at radius 3 is 2.35 bits per heavy atom. The first-order valence-electron chi connectivity index (χ1n) is 6.34. The lowest BCUT2D eigenvalue weighted by Gasteiger charge is -2.17. The maximum atomic E-state index is 12.1. The van der Waals surface area contributed by atoms with E-state index in [-0.39, 0.29) is 11.7 Å². The van der Waals surface area contributed by atoms with Crippen LogP contribution in [0.5, 0.6) is 0 Å². The maximum absolute atomic E-state index is 12.1. The first kappa shape index (κ1) is 16.7. The number of benzene rings is 1. The molecule has 0 unspecified atom stereocenters. The first-order chi connectivity index (χ1) is 9.33. The van der Waals surface area contributed by atoms with Gasteiger partial charge in [-0.25, -0.2) is 8.42 Å². The molecule has 1 aromatic carbocycles. The molecule has 5 nitrogen and oxygen atoms in total. The lowest BCUT2D eigenvalue weighted by Crippen LogP contribution is -2.28. The maximum Gasteiger partial charge on any atom is 0.253 e. The van der Waals surface area contributed by atoms with Crippen LogP contribution in [0.25, 0.3) is 0 Å². The van der Waals surface area contributed by atoms with Gasteiger partial charge in [-0.1, -0.05) is 12.1 Å². The second kappa shape index (κ2) is 7.40. The molecule has 1 rings (SSSR count). The normalized spacial score (nSPS) is 11.3. The van der Waals surface area contributed by atoms with Crippen LogP contribution in [-0.2, 0) is 20.3 Å². The molecule has 1 aromatic rings. The number of carbonyl (C=O) groups is 1. The SMILES string of the molecule is COCCCN(C)C(=O)c1ccc(CS(C)(=O)=O)cc1. The van der Waals surface area contributed by atoms with Crippen LogP contribution in [0.2, 0.25) is 0 Å². The van der Waals surface area contributed by atoms with Crippen LogP contribution in [0.4, 0.5) is 0 Å². The third-order valence-corrected chi connectivity index (χ3v) is 3.68. The molecule has 0 spiro atoms. The van der Waals surface area contributed by atoms with Gasteiger partial charge in [0.25, 0.3) is 5.91 Å². The summed E-state index contributed by atoms with van der Waals surface area (Å²) in [5.41, 5.74) is 1.24. The van der Waals surface area contributed by atoms with Gasteiger partial charge in [0.1, 0.15) is 0 Å². The van der Waals surface area contributed by atoms with Crippen LogP contribution < -0.4 is 0 Å². The molecule has 0 heterocycles. The minimum Gasteiger partial charge on any atom is -0.385 e. The van der Waals surface area contributed by atoms with E-state index in [0.717, 1.165) is 6.42 Å². The van der Waals surface area contributed by atoms with Crippen LogP contribution in [0.3, 0.4) is 0 Å². The van der Waals surface area contributed by atoms with Gasteiger partial charge in [-0.05, 0) is 24.1 Å². The molecule has 0 aromatic heterocycles. The molecular weight excluding hydrogens is 278 g/mol. The minimum atomic E-state index is -3.05. The van der Waals surface area contributed by atoms with E-state index in [0.29, 0.717) is 24.3 Å². The van der Waals surface area contributed by atoms with E-state index in [2.05, 4.69) is 0 Å². The third-order valence-electron chi connectivity index (χ3n) is 2.82. The van der Waals surface area contributed by atoms with Crippen molar-refractivity contribution in [1.82, 2.24) is 4.90 Å². The highest BCUT2D eigenvalue weighted by Crippen LogP contribution is 2.10. The molecule has 0 bridgehead atoms. The van der Waals surface area contributed by atoms with Gasteiger partial charge in [-0.2, -0.15) is 0 Å². The van der Waals surface area contributed by atoms with Gasteiger partial charge in [-0.15, -0.1) is 0 Å². The summed E-state index contributed by atoms with van der Waals surface area (Å²) >= 11 is 0. The first-order valence-corrected chi connectivity index (χ1v) is 8.40. The van der Waals surface area contributed by atoms with E-state index in [1.807, 2.05) is 0 Å². The van der Waals surface area contributed by atoms with E-state index < -0.39 is 9.84 Å². The lowest BCUT2D eigenvalue weighted by atomic mass is 10.1. The fraction of sp³-hybridized carbons (Fsp3) is 0.500. The topological polar surface area (TPSA) is 63.7 Å². The van der Waals surface area contributed by atoms with Crippen LogP contribution in [0.15, 0.2) is 24.3 Å². The van der Waals surface area contributed by atoms with Crippen molar-refractivity contribution in [2.45, 2.75) is 12.2 Å². The van der Waals surface area contributed by atoms with Crippen molar-refractivity contribution in [3.63, 3.8) is 0 Å². The largest absolute Gasteiger partial charge is 0.385 e. The van der Waals surface area contributed by atoms with Gasteiger partial charge in [0, 0.05) is 39.1 Å². The van der Waals surface area contributed by atoms with Gasteiger partial charge in [0.2, 0.25) is 0 Å². The Bertz CT molecular complexity index is 537. The molecule has 1 amide bonds. The summed E-state index contributed by atoms with van der Waals surface area (Å²) in [5.74, 6) is -0.0856. The van der Waals surface area contributed by atoms with E-state index in [1.165, 1.54) is 6.26 Å². The molecule has 0 saturated heterocycles. The number of ether oxygens (including phenoxy) is 1. The van der Waals surface area contributed by atoms with Crippen molar-refractivity contribution in [3.05, 3.63) is 35.4 Å². The highest BCUT2D eigenvalue weighted by Gasteiger charge is 2.12. The average molecular weight is 299 g/mol. The lowest BCUT2D eigenvalue weighted by molar-refractivity contribution is 0.0779. The van der Waals surface area contributed by atoms with Gasteiger partial charge in [0.05, 0.1) is 5.75 Å². The minimum absolute atomic E-state index is 0.00878. The van der Waals surface area contributed by atoms with Gasteiger partial charge in [0.15, 0.2) is 9.84 Å².